The first kappa shape index (κ1) is 12.6. The highest BCUT2D eigenvalue weighted by atomic mass is 16.5. The van der Waals surface area contributed by atoms with E-state index in [2.05, 4.69) is 12.8 Å². The van der Waals surface area contributed by atoms with E-state index in [0.717, 1.165) is 29.9 Å². The lowest BCUT2D eigenvalue weighted by Crippen LogP contribution is -1.99. The summed E-state index contributed by atoms with van der Waals surface area (Å²) in [5.41, 5.74) is 2.03. The van der Waals surface area contributed by atoms with Crippen molar-refractivity contribution < 1.29 is 4.74 Å². The third kappa shape index (κ3) is 3.98. The third-order valence-corrected chi connectivity index (χ3v) is 2.60. The average molecular weight is 216 g/mol. The molecule has 0 amide bonds. The molecule has 1 aromatic rings. The quantitative estimate of drug-likeness (QED) is 0.517. The molecular formula is C15H20O. The van der Waals surface area contributed by atoms with Crippen LogP contribution >= 0.6 is 0 Å². The summed E-state index contributed by atoms with van der Waals surface area (Å²) in [6.45, 7) is 5.04. The summed E-state index contributed by atoms with van der Waals surface area (Å²) in [7, 11) is 0. The van der Waals surface area contributed by atoms with Crippen LogP contribution in [0.3, 0.4) is 0 Å². The van der Waals surface area contributed by atoms with Gasteiger partial charge in [0, 0.05) is 5.56 Å². The Labute approximate surface area is 98.8 Å². The van der Waals surface area contributed by atoms with E-state index in [1.807, 2.05) is 25.1 Å². The maximum atomic E-state index is 5.71. The van der Waals surface area contributed by atoms with Crippen molar-refractivity contribution in [3.63, 3.8) is 0 Å². The van der Waals surface area contributed by atoms with Crippen LogP contribution in [-0.2, 0) is 0 Å². The smallest absolute Gasteiger partial charge is 0.122 e. The summed E-state index contributed by atoms with van der Waals surface area (Å²) < 4.78 is 5.71. The summed E-state index contributed by atoms with van der Waals surface area (Å²) >= 11 is 0. The number of terminal acetylenes is 1. The maximum absolute atomic E-state index is 5.71. The van der Waals surface area contributed by atoms with Crippen LogP contribution in [0.25, 0.3) is 0 Å². The fourth-order valence-corrected chi connectivity index (χ4v) is 1.61. The Hall–Kier alpha value is -1.42. The van der Waals surface area contributed by atoms with Crippen LogP contribution in [0.15, 0.2) is 18.2 Å². The summed E-state index contributed by atoms with van der Waals surface area (Å²) in [6.07, 6.45) is 10.3. The van der Waals surface area contributed by atoms with Crippen molar-refractivity contribution in [3.8, 4) is 18.1 Å². The Kier molecular flexibility index (Phi) is 5.50. The number of unbranched alkanes of at least 4 members (excludes halogenated alkanes) is 3. The molecule has 0 heterocycles. The standard InChI is InChI=1S/C15H20O/c1-4-6-7-8-11-16-15-10-9-14(5-2)12-13(15)3/h2,9-10,12H,4,6-8,11H2,1,3H3. The molecule has 0 bridgehead atoms. The number of ether oxygens (including phenoxy) is 1. The molecule has 0 saturated heterocycles. The molecule has 0 fully saturated rings. The lowest BCUT2D eigenvalue weighted by molar-refractivity contribution is 0.303. The zero-order valence-electron chi connectivity index (χ0n) is 10.3. The molecule has 1 rings (SSSR count). The lowest BCUT2D eigenvalue weighted by atomic mass is 10.1. The van der Waals surface area contributed by atoms with E-state index >= 15 is 0 Å². The van der Waals surface area contributed by atoms with Crippen LogP contribution in [0.2, 0.25) is 0 Å². The molecule has 86 valence electrons. The van der Waals surface area contributed by atoms with E-state index in [0.29, 0.717) is 0 Å². The van der Waals surface area contributed by atoms with E-state index in [1.54, 1.807) is 0 Å². The summed E-state index contributed by atoms with van der Waals surface area (Å²) in [5.74, 6) is 3.58. The Morgan fingerprint density at radius 3 is 2.69 bits per heavy atom. The fraction of sp³-hybridized carbons (Fsp3) is 0.467. The molecule has 0 aliphatic carbocycles. The van der Waals surface area contributed by atoms with Crippen LogP contribution < -0.4 is 4.74 Å². The lowest BCUT2D eigenvalue weighted by Gasteiger charge is -2.09. The van der Waals surface area contributed by atoms with Gasteiger partial charge in [-0.05, 0) is 37.1 Å². The molecule has 0 unspecified atom stereocenters. The van der Waals surface area contributed by atoms with Gasteiger partial charge in [-0.15, -0.1) is 6.42 Å². The summed E-state index contributed by atoms with van der Waals surface area (Å²) in [4.78, 5) is 0. The predicted octanol–water partition coefficient (Wildman–Crippen LogP) is 3.94. The molecule has 0 atom stereocenters. The number of hydrogen-bond donors (Lipinski definition) is 0. The number of aryl methyl sites for hydroxylation is 1. The first-order chi connectivity index (χ1) is 7.77. The number of rotatable bonds is 6. The Balaban J connectivity index is 2.40. The van der Waals surface area contributed by atoms with Crippen LogP contribution in [-0.4, -0.2) is 6.61 Å². The largest absolute Gasteiger partial charge is 0.493 e. The molecule has 0 aliphatic rings. The van der Waals surface area contributed by atoms with Gasteiger partial charge in [-0.3, -0.25) is 0 Å². The molecule has 0 aliphatic heterocycles. The van der Waals surface area contributed by atoms with Gasteiger partial charge in [0.25, 0.3) is 0 Å². The molecule has 1 nitrogen and oxygen atoms in total. The second-order valence-electron chi connectivity index (χ2n) is 4.03. The number of hydrogen-bond acceptors (Lipinski definition) is 1. The topological polar surface area (TPSA) is 9.23 Å². The van der Waals surface area contributed by atoms with Crippen molar-refractivity contribution in [2.45, 2.75) is 39.5 Å². The van der Waals surface area contributed by atoms with Crippen molar-refractivity contribution >= 4 is 0 Å². The van der Waals surface area contributed by atoms with Gasteiger partial charge >= 0.3 is 0 Å². The number of benzene rings is 1. The third-order valence-electron chi connectivity index (χ3n) is 2.60. The first-order valence-electron chi connectivity index (χ1n) is 5.98. The molecule has 0 radical (unpaired) electrons. The minimum Gasteiger partial charge on any atom is -0.493 e. The Morgan fingerprint density at radius 1 is 1.25 bits per heavy atom. The summed E-state index contributed by atoms with van der Waals surface area (Å²) in [5, 5.41) is 0. The van der Waals surface area contributed by atoms with Gasteiger partial charge in [-0.25, -0.2) is 0 Å². The van der Waals surface area contributed by atoms with Crippen molar-refractivity contribution in [2.75, 3.05) is 6.61 Å². The van der Waals surface area contributed by atoms with Gasteiger partial charge in [0.15, 0.2) is 0 Å². The van der Waals surface area contributed by atoms with Crippen LogP contribution in [0.4, 0.5) is 0 Å². The van der Waals surface area contributed by atoms with Gasteiger partial charge in [-0.1, -0.05) is 32.1 Å². The van der Waals surface area contributed by atoms with Crippen LogP contribution in [0.5, 0.6) is 5.75 Å². The summed E-state index contributed by atoms with van der Waals surface area (Å²) in [6, 6.07) is 5.88. The molecular weight excluding hydrogens is 196 g/mol. The average Bonchev–Trinajstić information content (AvgIpc) is 2.30. The normalized spacial score (nSPS) is 9.81. The highest BCUT2D eigenvalue weighted by Crippen LogP contribution is 2.19. The molecule has 0 saturated carbocycles. The van der Waals surface area contributed by atoms with Crippen molar-refractivity contribution in [3.05, 3.63) is 29.3 Å². The Morgan fingerprint density at radius 2 is 2.06 bits per heavy atom. The first-order valence-corrected chi connectivity index (χ1v) is 5.98. The monoisotopic (exact) mass is 216 g/mol. The predicted molar refractivity (Wildman–Crippen MR) is 68.8 cm³/mol. The minimum absolute atomic E-state index is 0.802. The molecule has 16 heavy (non-hydrogen) atoms. The van der Waals surface area contributed by atoms with E-state index in [4.69, 9.17) is 11.2 Å². The molecule has 1 heteroatoms. The van der Waals surface area contributed by atoms with Crippen molar-refractivity contribution in [2.24, 2.45) is 0 Å². The van der Waals surface area contributed by atoms with Crippen LogP contribution in [0.1, 0.15) is 43.7 Å². The molecule has 1 aromatic carbocycles. The van der Waals surface area contributed by atoms with Gasteiger partial charge in [0.05, 0.1) is 6.61 Å². The molecule has 0 N–H and O–H groups in total. The van der Waals surface area contributed by atoms with Gasteiger partial charge in [0.2, 0.25) is 0 Å². The zero-order chi connectivity index (χ0) is 11.8. The van der Waals surface area contributed by atoms with E-state index in [-0.39, 0.29) is 0 Å². The minimum atomic E-state index is 0.802. The molecule has 0 aromatic heterocycles. The second-order valence-corrected chi connectivity index (χ2v) is 4.03. The van der Waals surface area contributed by atoms with E-state index < -0.39 is 0 Å². The van der Waals surface area contributed by atoms with E-state index in [1.165, 1.54) is 19.3 Å². The van der Waals surface area contributed by atoms with Crippen molar-refractivity contribution in [1.29, 1.82) is 0 Å². The SMILES string of the molecule is C#Cc1ccc(OCCCCCC)c(C)c1. The van der Waals surface area contributed by atoms with E-state index in [9.17, 15) is 0 Å². The highest BCUT2D eigenvalue weighted by Gasteiger charge is 1.99. The maximum Gasteiger partial charge on any atom is 0.122 e. The second kappa shape index (κ2) is 6.95. The zero-order valence-corrected chi connectivity index (χ0v) is 10.3. The van der Waals surface area contributed by atoms with Gasteiger partial charge < -0.3 is 4.74 Å². The van der Waals surface area contributed by atoms with Crippen molar-refractivity contribution in [1.82, 2.24) is 0 Å². The highest BCUT2D eigenvalue weighted by molar-refractivity contribution is 5.42. The fourth-order valence-electron chi connectivity index (χ4n) is 1.61. The molecule has 0 spiro atoms. The van der Waals surface area contributed by atoms with Crippen LogP contribution in [0, 0.1) is 19.3 Å². The van der Waals surface area contributed by atoms with Gasteiger partial charge in [0.1, 0.15) is 5.75 Å². The van der Waals surface area contributed by atoms with Gasteiger partial charge in [-0.2, -0.15) is 0 Å². The Bertz CT molecular complexity index is 360.